The lowest BCUT2D eigenvalue weighted by Gasteiger charge is -2.25. The highest BCUT2D eigenvalue weighted by Gasteiger charge is 2.29. The van der Waals surface area contributed by atoms with Crippen LogP contribution in [0.3, 0.4) is 0 Å². The van der Waals surface area contributed by atoms with E-state index in [1.54, 1.807) is 12.1 Å². The van der Waals surface area contributed by atoms with Crippen molar-refractivity contribution in [1.82, 2.24) is 9.78 Å². The summed E-state index contributed by atoms with van der Waals surface area (Å²) in [5, 5.41) is 16.6. The second kappa shape index (κ2) is 5.33. The maximum atomic E-state index is 11.0. The van der Waals surface area contributed by atoms with Crippen LogP contribution in [0.15, 0.2) is 18.2 Å². The number of aromatic nitrogens is 2. The molecule has 22 heavy (non-hydrogen) atoms. The minimum atomic E-state index is -0.366. The fraction of sp³-hybridized carbons (Fsp3) is 0.533. The van der Waals surface area contributed by atoms with Crippen molar-refractivity contribution in [3.05, 3.63) is 34.0 Å². The molecular formula is C15H17N3O4. The van der Waals surface area contributed by atoms with E-state index in [1.165, 1.54) is 6.07 Å². The fourth-order valence-electron chi connectivity index (χ4n) is 3.10. The largest absolute Gasteiger partial charge is 0.380 e. The van der Waals surface area contributed by atoms with E-state index < -0.39 is 0 Å². The Bertz CT molecular complexity index is 717. The van der Waals surface area contributed by atoms with Crippen molar-refractivity contribution in [3.8, 4) is 0 Å². The summed E-state index contributed by atoms with van der Waals surface area (Å²) in [6.07, 6.45) is 3.03. The van der Waals surface area contributed by atoms with Crippen LogP contribution in [0, 0.1) is 10.1 Å². The number of fused-ring (bicyclic) bond motifs is 1. The highest BCUT2D eigenvalue weighted by atomic mass is 16.6. The molecule has 0 radical (unpaired) electrons. The van der Waals surface area contributed by atoms with Crippen LogP contribution >= 0.6 is 0 Å². The second-order valence-electron chi connectivity index (χ2n) is 5.84. The van der Waals surface area contributed by atoms with Gasteiger partial charge in [-0.1, -0.05) is 0 Å². The van der Waals surface area contributed by atoms with Gasteiger partial charge in [0.05, 0.1) is 35.3 Å². The summed E-state index contributed by atoms with van der Waals surface area (Å²) < 4.78 is 13.0. The van der Waals surface area contributed by atoms with Crippen molar-refractivity contribution in [1.29, 1.82) is 0 Å². The van der Waals surface area contributed by atoms with Crippen molar-refractivity contribution in [2.45, 2.75) is 31.4 Å². The molecule has 3 heterocycles. The van der Waals surface area contributed by atoms with Crippen LogP contribution in [0.5, 0.6) is 0 Å². The van der Waals surface area contributed by atoms with Crippen LogP contribution in [0.1, 0.15) is 37.1 Å². The molecule has 1 aromatic heterocycles. The SMILES string of the molecule is O=[N+]([O-])c1ccc2c(c1)c(C1COC1)nn2C1CCCCO1. The summed E-state index contributed by atoms with van der Waals surface area (Å²) in [5.41, 5.74) is 1.89. The molecular weight excluding hydrogens is 286 g/mol. The zero-order valence-corrected chi connectivity index (χ0v) is 12.1. The van der Waals surface area contributed by atoms with Gasteiger partial charge in [0.25, 0.3) is 5.69 Å². The van der Waals surface area contributed by atoms with Crippen molar-refractivity contribution < 1.29 is 14.4 Å². The molecule has 7 heteroatoms. The molecule has 1 atom stereocenters. The third kappa shape index (κ3) is 2.17. The average Bonchev–Trinajstić information content (AvgIpc) is 2.85. The summed E-state index contributed by atoms with van der Waals surface area (Å²) >= 11 is 0. The molecule has 7 nitrogen and oxygen atoms in total. The molecule has 0 aliphatic carbocycles. The first-order valence-corrected chi connectivity index (χ1v) is 7.60. The Hall–Kier alpha value is -1.99. The van der Waals surface area contributed by atoms with Crippen molar-refractivity contribution in [2.24, 2.45) is 0 Å². The number of non-ortho nitro benzene ring substituents is 1. The predicted molar refractivity (Wildman–Crippen MR) is 78.8 cm³/mol. The van der Waals surface area contributed by atoms with Gasteiger partial charge in [0.15, 0.2) is 6.23 Å². The van der Waals surface area contributed by atoms with Gasteiger partial charge in [0.2, 0.25) is 0 Å². The summed E-state index contributed by atoms with van der Waals surface area (Å²) in [6.45, 7) is 1.99. The number of hydrogen-bond acceptors (Lipinski definition) is 5. The van der Waals surface area contributed by atoms with Gasteiger partial charge >= 0.3 is 0 Å². The van der Waals surface area contributed by atoms with Crippen LogP contribution in [0.25, 0.3) is 10.9 Å². The zero-order chi connectivity index (χ0) is 15.1. The van der Waals surface area contributed by atoms with Gasteiger partial charge in [-0.2, -0.15) is 5.10 Å². The normalized spacial score (nSPS) is 22.6. The van der Waals surface area contributed by atoms with Gasteiger partial charge in [-0.05, 0) is 25.3 Å². The smallest absolute Gasteiger partial charge is 0.270 e. The van der Waals surface area contributed by atoms with E-state index in [0.717, 1.165) is 42.5 Å². The van der Waals surface area contributed by atoms with Crippen LogP contribution in [-0.2, 0) is 9.47 Å². The van der Waals surface area contributed by atoms with Crippen molar-refractivity contribution in [3.63, 3.8) is 0 Å². The monoisotopic (exact) mass is 303 g/mol. The Labute approximate surface area is 127 Å². The van der Waals surface area contributed by atoms with Gasteiger partial charge in [0, 0.05) is 24.1 Å². The Morgan fingerprint density at radius 3 is 2.82 bits per heavy atom. The van der Waals surface area contributed by atoms with Crippen LogP contribution < -0.4 is 0 Å². The Kier molecular flexibility index (Phi) is 3.31. The van der Waals surface area contributed by atoms with E-state index in [1.807, 2.05) is 4.68 Å². The molecule has 0 N–H and O–H groups in total. The molecule has 1 unspecified atom stereocenters. The number of nitro groups is 1. The number of hydrogen-bond donors (Lipinski definition) is 0. The molecule has 2 aliphatic rings. The van der Waals surface area contributed by atoms with Crippen LogP contribution in [-0.4, -0.2) is 34.5 Å². The van der Waals surface area contributed by atoms with Gasteiger partial charge in [-0.3, -0.25) is 10.1 Å². The van der Waals surface area contributed by atoms with E-state index in [2.05, 4.69) is 0 Å². The summed E-state index contributed by atoms with van der Waals surface area (Å²) in [6, 6.07) is 4.93. The molecule has 2 saturated heterocycles. The summed E-state index contributed by atoms with van der Waals surface area (Å²) in [4.78, 5) is 10.7. The van der Waals surface area contributed by atoms with E-state index in [0.29, 0.717) is 13.2 Å². The predicted octanol–water partition coefficient (Wildman–Crippen LogP) is 2.76. The third-order valence-electron chi connectivity index (χ3n) is 4.38. The van der Waals surface area contributed by atoms with Gasteiger partial charge in [0.1, 0.15) is 0 Å². The average molecular weight is 303 g/mol. The lowest BCUT2D eigenvalue weighted by Crippen LogP contribution is -2.26. The highest BCUT2D eigenvalue weighted by Crippen LogP contribution is 2.35. The Morgan fingerprint density at radius 1 is 1.32 bits per heavy atom. The van der Waals surface area contributed by atoms with Crippen LogP contribution in [0.4, 0.5) is 5.69 Å². The fourth-order valence-corrected chi connectivity index (χ4v) is 3.10. The molecule has 2 aliphatic heterocycles. The quantitative estimate of drug-likeness (QED) is 0.643. The maximum Gasteiger partial charge on any atom is 0.270 e. The van der Waals surface area contributed by atoms with E-state index in [9.17, 15) is 10.1 Å². The Balaban J connectivity index is 1.84. The van der Waals surface area contributed by atoms with E-state index >= 15 is 0 Å². The summed E-state index contributed by atoms with van der Waals surface area (Å²) in [7, 11) is 0. The number of nitro benzene ring substituents is 1. The standard InChI is InChI=1S/C15H17N3O4/c19-18(20)11-4-5-13-12(7-11)15(10-8-21-9-10)16-17(13)14-3-1-2-6-22-14/h4-5,7,10,14H,1-3,6,8-9H2. The van der Waals surface area contributed by atoms with Crippen molar-refractivity contribution in [2.75, 3.05) is 19.8 Å². The van der Waals surface area contributed by atoms with Gasteiger partial charge in [-0.25, -0.2) is 4.68 Å². The molecule has 2 aromatic rings. The Morgan fingerprint density at radius 2 is 2.18 bits per heavy atom. The lowest BCUT2D eigenvalue weighted by atomic mass is 10.0. The summed E-state index contributed by atoms with van der Waals surface area (Å²) in [5.74, 6) is 0.217. The molecule has 0 bridgehead atoms. The van der Waals surface area contributed by atoms with E-state index in [-0.39, 0.29) is 22.8 Å². The van der Waals surface area contributed by atoms with Gasteiger partial charge in [-0.15, -0.1) is 0 Å². The minimum absolute atomic E-state index is 0.0764. The molecule has 1 aromatic carbocycles. The first-order valence-electron chi connectivity index (χ1n) is 7.60. The number of nitrogens with zero attached hydrogens (tertiary/aromatic N) is 3. The number of rotatable bonds is 3. The molecule has 0 amide bonds. The topological polar surface area (TPSA) is 79.4 Å². The third-order valence-corrected chi connectivity index (χ3v) is 4.38. The lowest BCUT2D eigenvalue weighted by molar-refractivity contribution is -0.384. The molecule has 0 spiro atoms. The second-order valence-corrected chi connectivity index (χ2v) is 5.84. The number of benzene rings is 1. The minimum Gasteiger partial charge on any atom is -0.380 e. The zero-order valence-electron chi connectivity index (χ0n) is 12.1. The van der Waals surface area contributed by atoms with Crippen molar-refractivity contribution >= 4 is 16.6 Å². The first-order chi connectivity index (χ1) is 10.7. The maximum absolute atomic E-state index is 11.0. The molecule has 2 fully saturated rings. The van der Waals surface area contributed by atoms with Crippen LogP contribution in [0.2, 0.25) is 0 Å². The number of ether oxygens (including phenoxy) is 2. The highest BCUT2D eigenvalue weighted by molar-refractivity contribution is 5.85. The molecule has 0 saturated carbocycles. The van der Waals surface area contributed by atoms with E-state index in [4.69, 9.17) is 14.6 Å². The molecule has 116 valence electrons. The molecule has 4 rings (SSSR count). The first kappa shape index (κ1) is 13.7. The van der Waals surface area contributed by atoms with Gasteiger partial charge < -0.3 is 9.47 Å².